The lowest BCUT2D eigenvalue weighted by Gasteiger charge is -2.19. The fourth-order valence-corrected chi connectivity index (χ4v) is 3.48. The average Bonchev–Trinajstić information content (AvgIpc) is 2.77. The van der Waals surface area contributed by atoms with Gasteiger partial charge in [0.05, 0.1) is 5.69 Å². The number of hydrogen-bond donors (Lipinski definition) is 1. The van der Waals surface area contributed by atoms with Gasteiger partial charge in [-0.25, -0.2) is 0 Å². The van der Waals surface area contributed by atoms with E-state index in [1.807, 2.05) is 12.3 Å². The summed E-state index contributed by atoms with van der Waals surface area (Å²) in [5.74, 6) is -0.0145. The van der Waals surface area contributed by atoms with Crippen LogP contribution < -0.4 is 10.1 Å². The van der Waals surface area contributed by atoms with Crippen LogP contribution in [-0.2, 0) is 11.5 Å². The highest BCUT2D eigenvalue weighted by Crippen LogP contribution is 2.35. The third-order valence-electron chi connectivity index (χ3n) is 4.27. The Labute approximate surface area is 151 Å². The Kier molecular flexibility index (Phi) is 5.20. The van der Waals surface area contributed by atoms with E-state index in [0.717, 1.165) is 11.4 Å². The molecule has 0 fully saturated rings. The van der Waals surface area contributed by atoms with Crippen molar-refractivity contribution in [3.8, 4) is 5.88 Å². The Morgan fingerprint density at radius 2 is 2.15 bits per heavy atom. The van der Waals surface area contributed by atoms with Crippen LogP contribution in [0.1, 0.15) is 6.42 Å². The number of alkyl halides is 3. The van der Waals surface area contributed by atoms with Crippen LogP contribution in [-0.4, -0.2) is 43.1 Å². The summed E-state index contributed by atoms with van der Waals surface area (Å²) in [6, 6.07) is 4.70. The Bertz CT molecular complexity index is 771. The highest BCUT2D eigenvalue weighted by molar-refractivity contribution is 6.76. The molecule has 1 atom stereocenters. The van der Waals surface area contributed by atoms with Gasteiger partial charge in [0, 0.05) is 39.2 Å². The molecule has 2 aromatic rings. The first-order valence-corrected chi connectivity index (χ1v) is 12.4. The van der Waals surface area contributed by atoms with E-state index in [4.69, 9.17) is 9.47 Å². The largest absolute Gasteiger partial charge is 0.463 e. The van der Waals surface area contributed by atoms with E-state index in [2.05, 4.69) is 29.9 Å². The number of ether oxygens (including phenoxy) is 2. The van der Waals surface area contributed by atoms with Gasteiger partial charge in [-0.15, -0.1) is 0 Å². The van der Waals surface area contributed by atoms with Gasteiger partial charge in [-0.2, -0.15) is 18.2 Å². The predicted octanol–water partition coefficient (Wildman–Crippen LogP) is 4.47. The van der Waals surface area contributed by atoms with E-state index >= 15 is 0 Å². The maximum atomic E-state index is 13.0. The minimum atomic E-state index is -4.41. The van der Waals surface area contributed by atoms with Gasteiger partial charge < -0.3 is 19.4 Å². The molecule has 1 aliphatic heterocycles. The second-order valence-electron chi connectivity index (χ2n) is 7.75. The molecule has 0 bridgehead atoms. The summed E-state index contributed by atoms with van der Waals surface area (Å²) < 4.78 is 51.8. The number of hydrogen-bond acceptors (Lipinski definition) is 4. The number of pyridine rings is 1. The number of nitrogens with zero attached hydrogens (tertiary/aromatic N) is 2. The van der Waals surface area contributed by atoms with Crippen LogP contribution in [0.4, 0.5) is 18.9 Å². The van der Waals surface area contributed by atoms with E-state index in [-0.39, 0.29) is 18.8 Å². The van der Waals surface area contributed by atoms with Crippen LogP contribution in [0.5, 0.6) is 5.88 Å². The predicted molar refractivity (Wildman–Crippen MR) is 97.4 cm³/mol. The van der Waals surface area contributed by atoms with Gasteiger partial charge in [-0.05, 0) is 18.2 Å². The molecule has 144 valence electrons. The SMILES string of the molecule is C[Si](C)(C)CCOCn1ccc2cc3c(nc21)OC(C(F)(F)F)CCN3. The fourth-order valence-electron chi connectivity index (χ4n) is 2.72. The molecule has 3 heterocycles. The van der Waals surface area contributed by atoms with Crippen molar-refractivity contribution in [1.29, 1.82) is 0 Å². The van der Waals surface area contributed by atoms with Crippen molar-refractivity contribution in [2.24, 2.45) is 0 Å². The Morgan fingerprint density at radius 1 is 1.38 bits per heavy atom. The molecule has 0 aromatic carbocycles. The zero-order valence-electron chi connectivity index (χ0n) is 15.2. The monoisotopic (exact) mass is 387 g/mol. The summed E-state index contributed by atoms with van der Waals surface area (Å²) in [6.45, 7) is 7.99. The van der Waals surface area contributed by atoms with Crippen molar-refractivity contribution in [3.63, 3.8) is 0 Å². The lowest BCUT2D eigenvalue weighted by Crippen LogP contribution is -2.34. The van der Waals surface area contributed by atoms with Crippen molar-refractivity contribution < 1.29 is 22.6 Å². The molecule has 0 radical (unpaired) electrons. The molecule has 3 rings (SSSR count). The lowest BCUT2D eigenvalue weighted by molar-refractivity contribution is -0.195. The van der Waals surface area contributed by atoms with Crippen molar-refractivity contribution in [1.82, 2.24) is 9.55 Å². The van der Waals surface area contributed by atoms with Gasteiger partial charge in [0.1, 0.15) is 12.4 Å². The summed E-state index contributed by atoms with van der Waals surface area (Å²) in [6.07, 6.45) is -4.59. The van der Waals surface area contributed by atoms with E-state index in [0.29, 0.717) is 24.7 Å². The second-order valence-corrected chi connectivity index (χ2v) is 13.4. The van der Waals surface area contributed by atoms with Gasteiger partial charge in [0.25, 0.3) is 0 Å². The first-order chi connectivity index (χ1) is 12.1. The lowest BCUT2D eigenvalue weighted by atomic mass is 10.2. The average molecular weight is 387 g/mol. The van der Waals surface area contributed by atoms with Gasteiger partial charge in [0.15, 0.2) is 6.10 Å². The molecule has 1 unspecified atom stereocenters. The topological polar surface area (TPSA) is 48.3 Å². The first kappa shape index (κ1) is 19.0. The number of rotatable bonds is 5. The molecule has 0 saturated heterocycles. The van der Waals surface area contributed by atoms with E-state index in [1.54, 1.807) is 10.6 Å². The van der Waals surface area contributed by atoms with Gasteiger partial charge in [0.2, 0.25) is 5.88 Å². The third kappa shape index (κ3) is 4.50. The first-order valence-electron chi connectivity index (χ1n) is 8.68. The second kappa shape index (κ2) is 7.11. The van der Waals surface area contributed by atoms with Crippen LogP contribution in [0.3, 0.4) is 0 Å². The van der Waals surface area contributed by atoms with Gasteiger partial charge in [-0.3, -0.25) is 0 Å². The summed E-state index contributed by atoms with van der Waals surface area (Å²) in [7, 11) is -1.17. The molecule has 26 heavy (non-hydrogen) atoms. The summed E-state index contributed by atoms with van der Waals surface area (Å²) in [4.78, 5) is 4.33. The molecule has 9 heteroatoms. The standard InChI is InChI=1S/C17H24F3N3O2Si/c1-26(2,3)9-8-24-11-23-7-5-12-10-13-16(22-15(12)23)25-14(4-6-21-13)17(18,19)20/h5,7,10,14,21H,4,6,8-9,11H2,1-3H3. The maximum absolute atomic E-state index is 13.0. The maximum Gasteiger partial charge on any atom is 0.425 e. The zero-order chi connectivity index (χ0) is 18.9. The van der Waals surface area contributed by atoms with Crippen molar-refractivity contribution in [3.05, 3.63) is 18.3 Å². The molecule has 0 aliphatic carbocycles. The number of nitrogens with one attached hydrogen (secondary N) is 1. The smallest absolute Gasteiger partial charge is 0.425 e. The van der Waals surface area contributed by atoms with Crippen molar-refractivity contribution in [2.75, 3.05) is 18.5 Å². The normalized spacial score (nSPS) is 18.2. The van der Waals surface area contributed by atoms with Crippen LogP contribution in [0.25, 0.3) is 11.0 Å². The third-order valence-corrected chi connectivity index (χ3v) is 5.97. The van der Waals surface area contributed by atoms with Crippen molar-refractivity contribution >= 4 is 24.8 Å². The molecule has 0 amide bonds. The highest BCUT2D eigenvalue weighted by atomic mass is 28.3. The van der Waals surface area contributed by atoms with Crippen molar-refractivity contribution in [2.45, 2.75) is 51.1 Å². The summed E-state index contributed by atoms with van der Waals surface area (Å²) in [5.41, 5.74) is 1.04. The molecule has 5 nitrogen and oxygen atoms in total. The zero-order valence-corrected chi connectivity index (χ0v) is 16.2. The van der Waals surface area contributed by atoms with Crippen LogP contribution >= 0.6 is 0 Å². The van der Waals surface area contributed by atoms with Gasteiger partial charge in [-0.1, -0.05) is 19.6 Å². The van der Waals surface area contributed by atoms with E-state index in [1.165, 1.54) is 0 Å². The summed E-state index contributed by atoms with van der Waals surface area (Å²) >= 11 is 0. The minimum Gasteiger partial charge on any atom is -0.463 e. The quantitative estimate of drug-likeness (QED) is 0.607. The van der Waals surface area contributed by atoms with Crippen LogP contribution in [0.15, 0.2) is 18.3 Å². The van der Waals surface area contributed by atoms with Crippen LogP contribution in [0, 0.1) is 0 Å². The summed E-state index contributed by atoms with van der Waals surface area (Å²) in [5, 5.41) is 3.81. The number of anilines is 1. The Balaban J connectivity index is 1.78. The molecule has 2 aromatic heterocycles. The highest BCUT2D eigenvalue weighted by Gasteiger charge is 2.43. The molecular formula is C17H24F3N3O2Si. The molecule has 0 saturated carbocycles. The molecule has 1 N–H and O–H groups in total. The minimum absolute atomic E-state index is 0.0145. The van der Waals surface area contributed by atoms with Gasteiger partial charge >= 0.3 is 6.18 Å². The molecule has 0 spiro atoms. The van der Waals surface area contributed by atoms with Crippen LogP contribution in [0.2, 0.25) is 25.7 Å². The Morgan fingerprint density at radius 3 is 2.85 bits per heavy atom. The fraction of sp³-hybridized carbons (Fsp3) is 0.588. The van der Waals surface area contributed by atoms with E-state index in [9.17, 15) is 13.2 Å². The van der Waals surface area contributed by atoms with E-state index < -0.39 is 20.4 Å². The Hall–Kier alpha value is -1.74. The molecule has 1 aliphatic rings. The molecular weight excluding hydrogens is 363 g/mol. The number of fused-ring (bicyclic) bond motifs is 2. The number of halogens is 3. The number of aromatic nitrogens is 2.